The Kier molecular flexibility index (Phi) is 3.57. The van der Waals surface area contributed by atoms with E-state index in [1.807, 2.05) is 0 Å². The third-order valence-corrected chi connectivity index (χ3v) is 3.00. The van der Waals surface area contributed by atoms with Crippen molar-refractivity contribution in [2.75, 3.05) is 7.11 Å². The van der Waals surface area contributed by atoms with Gasteiger partial charge in [-0.2, -0.15) is 0 Å². The second-order valence-corrected chi connectivity index (χ2v) is 4.23. The molecule has 0 unspecified atom stereocenters. The Morgan fingerprint density at radius 3 is 2.83 bits per heavy atom. The molecule has 1 aromatic heterocycles. The van der Waals surface area contributed by atoms with Crippen LogP contribution < -0.4 is 5.32 Å². The average molecular weight is 250 g/mol. The Bertz CT molecular complexity index is 469. The van der Waals surface area contributed by atoms with Crippen molar-refractivity contribution in [1.29, 1.82) is 0 Å². The van der Waals surface area contributed by atoms with Crippen molar-refractivity contribution in [2.24, 2.45) is 0 Å². The number of pyridine rings is 1. The Hall–Kier alpha value is -1.95. The van der Waals surface area contributed by atoms with Crippen LogP contribution in [0.15, 0.2) is 18.3 Å². The average Bonchev–Trinajstić information content (AvgIpc) is 2.33. The lowest BCUT2D eigenvalue weighted by Crippen LogP contribution is -2.47. The molecule has 96 valence electrons. The van der Waals surface area contributed by atoms with Gasteiger partial charge in [-0.3, -0.25) is 4.79 Å². The maximum absolute atomic E-state index is 11.8. The molecule has 1 fully saturated rings. The molecule has 0 atom stereocenters. The van der Waals surface area contributed by atoms with Crippen molar-refractivity contribution in [2.45, 2.75) is 25.0 Å². The number of aromatic carboxylic acids is 1. The van der Waals surface area contributed by atoms with E-state index in [0.717, 1.165) is 12.8 Å². The minimum atomic E-state index is -1.15. The number of carbonyl (C=O) groups is 2. The van der Waals surface area contributed by atoms with Crippen LogP contribution in [0.5, 0.6) is 0 Å². The van der Waals surface area contributed by atoms with Gasteiger partial charge in [-0.1, -0.05) is 0 Å². The highest BCUT2D eigenvalue weighted by molar-refractivity contribution is 5.96. The molecule has 0 spiro atoms. The summed E-state index contributed by atoms with van der Waals surface area (Å²) in [5, 5.41) is 11.6. The van der Waals surface area contributed by atoms with Crippen LogP contribution in [-0.2, 0) is 4.74 Å². The van der Waals surface area contributed by atoms with Gasteiger partial charge < -0.3 is 15.2 Å². The topological polar surface area (TPSA) is 88.5 Å². The molecule has 0 bridgehead atoms. The van der Waals surface area contributed by atoms with Gasteiger partial charge in [0.25, 0.3) is 5.91 Å². The molecule has 18 heavy (non-hydrogen) atoms. The molecule has 1 aliphatic carbocycles. The molecule has 1 heterocycles. The molecule has 2 rings (SSSR count). The second-order valence-electron chi connectivity index (χ2n) is 4.23. The Morgan fingerprint density at radius 1 is 1.50 bits per heavy atom. The van der Waals surface area contributed by atoms with Crippen LogP contribution in [0.2, 0.25) is 0 Å². The number of hydrogen-bond donors (Lipinski definition) is 2. The predicted molar refractivity (Wildman–Crippen MR) is 62.5 cm³/mol. The van der Waals surface area contributed by atoms with Crippen LogP contribution in [0.25, 0.3) is 0 Å². The van der Waals surface area contributed by atoms with Gasteiger partial charge in [0.15, 0.2) is 0 Å². The molecular formula is C12H14N2O4. The summed E-state index contributed by atoms with van der Waals surface area (Å²) in [6.45, 7) is 0. The molecule has 6 heteroatoms. The zero-order valence-corrected chi connectivity index (χ0v) is 9.92. The number of ether oxygens (including phenoxy) is 1. The number of nitrogens with zero attached hydrogens (tertiary/aromatic N) is 1. The zero-order chi connectivity index (χ0) is 13.1. The van der Waals surface area contributed by atoms with Gasteiger partial charge in [0.1, 0.15) is 5.69 Å². The summed E-state index contributed by atoms with van der Waals surface area (Å²) >= 11 is 0. The lowest BCUT2D eigenvalue weighted by Gasteiger charge is -2.34. The fourth-order valence-electron chi connectivity index (χ4n) is 1.83. The van der Waals surface area contributed by atoms with Crippen molar-refractivity contribution < 1.29 is 19.4 Å². The summed E-state index contributed by atoms with van der Waals surface area (Å²) in [6, 6.07) is 2.86. The highest BCUT2D eigenvalue weighted by atomic mass is 16.5. The van der Waals surface area contributed by atoms with E-state index in [9.17, 15) is 9.59 Å². The largest absolute Gasteiger partial charge is 0.477 e. The standard InChI is InChI=1S/C12H14N2O4/c1-18-9-5-8(6-9)14-11(15)7-2-3-13-10(4-7)12(16)17/h2-4,8-9H,5-6H2,1H3,(H,14,15)(H,16,17). The minimum absolute atomic E-state index is 0.101. The molecule has 1 amide bonds. The quantitative estimate of drug-likeness (QED) is 0.820. The lowest BCUT2D eigenvalue weighted by atomic mass is 9.89. The van der Waals surface area contributed by atoms with Gasteiger partial charge in [-0.25, -0.2) is 9.78 Å². The highest BCUT2D eigenvalue weighted by Crippen LogP contribution is 2.22. The van der Waals surface area contributed by atoms with Gasteiger partial charge in [0.05, 0.1) is 6.10 Å². The first-order chi connectivity index (χ1) is 8.60. The van der Waals surface area contributed by atoms with Crippen LogP contribution in [0.4, 0.5) is 0 Å². The maximum Gasteiger partial charge on any atom is 0.354 e. The molecule has 0 aliphatic heterocycles. The van der Waals surface area contributed by atoms with Crippen LogP contribution in [-0.4, -0.2) is 41.2 Å². The van der Waals surface area contributed by atoms with Gasteiger partial charge in [0, 0.05) is 24.9 Å². The highest BCUT2D eigenvalue weighted by Gasteiger charge is 2.30. The Labute approximate surface area is 104 Å². The van der Waals surface area contributed by atoms with E-state index in [2.05, 4.69) is 10.3 Å². The van der Waals surface area contributed by atoms with Crippen molar-refractivity contribution in [1.82, 2.24) is 10.3 Å². The van der Waals surface area contributed by atoms with Crippen LogP contribution in [0.3, 0.4) is 0 Å². The summed E-state index contributed by atoms with van der Waals surface area (Å²) in [7, 11) is 1.64. The number of amides is 1. The van der Waals surface area contributed by atoms with E-state index in [4.69, 9.17) is 9.84 Å². The fourth-order valence-corrected chi connectivity index (χ4v) is 1.83. The smallest absolute Gasteiger partial charge is 0.354 e. The third kappa shape index (κ3) is 2.65. The summed E-state index contributed by atoms with van der Waals surface area (Å²) < 4.78 is 5.12. The Morgan fingerprint density at radius 2 is 2.22 bits per heavy atom. The van der Waals surface area contributed by atoms with E-state index >= 15 is 0 Å². The number of hydrogen-bond acceptors (Lipinski definition) is 4. The normalized spacial score (nSPS) is 22.1. The molecule has 0 aromatic carbocycles. The van der Waals surface area contributed by atoms with Crippen LogP contribution >= 0.6 is 0 Å². The van der Waals surface area contributed by atoms with Crippen LogP contribution in [0.1, 0.15) is 33.7 Å². The number of aromatic nitrogens is 1. The number of methoxy groups -OCH3 is 1. The van der Waals surface area contributed by atoms with Crippen molar-refractivity contribution >= 4 is 11.9 Å². The molecule has 0 radical (unpaired) electrons. The number of carbonyl (C=O) groups excluding carboxylic acids is 1. The van der Waals surface area contributed by atoms with Gasteiger partial charge >= 0.3 is 5.97 Å². The van der Waals surface area contributed by atoms with E-state index < -0.39 is 5.97 Å². The first-order valence-electron chi connectivity index (χ1n) is 5.63. The van der Waals surface area contributed by atoms with E-state index in [1.165, 1.54) is 18.3 Å². The predicted octanol–water partition coefficient (Wildman–Crippen LogP) is 0.687. The SMILES string of the molecule is COC1CC(NC(=O)c2ccnc(C(=O)O)c2)C1. The fraction of sp³-hybridized carbons (Fsp3) is 0.417. The summed E-state index contributed by atoms with van der Waals surface area (Å²) in [5.74, 6) is -1.42. The number of rotatable bonds is 4. The summed E-state index contributed by atoms with van der Waals surface area (Å²) in [4.78, 5) is 26.2. The monoisotopic (exact) mass is 250 g/mol. The third-order valence-electron chi connectivity index (χ3n) is 3.00. The van der Waals surface area contributed by atoms with E-state index in [-0.39, 0.29) is 23.7 Å². The number of carboxylic acids is 1. The first-order valence-corrected chi connectivity index (χ1v) is 5.63. The molecular weight excluding hydrogens is 236 g/mol. The molecule has 1 aliphatic rings. The lowest BCUT2D eigenvalue weighted by molar-refractivity contribution is 0.0176. The van der Waals surface area contributed by atoms with Crippen molar-refractivity contribution in [3.63, 3.8) is 0 Å². The van der Waals surface area contributed by atoms with Crippen molar-refractivity contribution in [3.05, 3.63) is 29.6 Å². The molecule has 0 saturated heterocycles. The number of nitrogens with one attached hydrogen (secondary N) is 1. The second kappa shape index (κ2) is 5.14. The van der Waals surface area contributed by atoms with E-state index in [1.54, 1.807) is 7.11 Å². The van der Waals surface area contributed by atoms with E-state index in [0.29, 0.717) is 5.56 Å². The van der Waals surface area contributed by atoms with Gasteiger partial charge in [-0.15, -0.1) is 0 Å². The molecule has 2 N–H and O–H groups in total. The van der Waals surface area contributed by atoms with Gasteiger partial charge in [0.2, 0.25) is 0 Å². The van der Waals surface area contributed by atoms with Crippen LogP contribution in [0, 0.1) is 0 Å². The maximum atomic E-state index is 11.8. The summed E-state index contributed by atoms with van der Waals surface area (Å²) in [5.41, 5.74) is 0.175. The molecule has 1 saturated carbocycles. The molecule has 1 aromatic rings. The number of carboxylic acid groups (broad SMARTS) is 1. The Balaban J connectivity index is 1.97. The first kappa shape index (κ1) is 12.5. The summed E-state index contributed by atoms with van der Waals surface area (Å²) in [6.07, 6.45) is 3.11. The zero-order valence-electron chi connectivity index (χ0n) is 9.92. The van der Waals surface area contributed by atoms with Gasteiger partial charge in [-0.05, 0) is 25.0 Å². The van der Waals surface area contributed by atoms with Crippen molar-refractivity contribution in [3.8, 4) is 0 Å². The molecule has 6 nitrogen and oxygen atoms in total. The minimum Gasteiger partial charge on any atom is -0.477 e.